The van der Waals surface area contributed by atoms with Crippen LogP contribution < -0.4 is 4.72 Å². The van der Waals surface area contributed by atoms with Crippen LogP contribution in [0.3, 0.4) is 0 Å². The molecule has 0 spiro atoms. The first-order valence-corrected chi connectivity index (χ1v) is 7.86. The molecule has 0 amide bonds. The molecule has 0 fully saturated rings. The fraction of sp³-hybridized carbons (Fsp3) is 0.167. The highest BCUT2D eigenvalue weighted by Crippen LogP contribution is 2.10. The highest BCUT2D eigenvalue weighted by molar-refractivity contribution is 7.89. The minimum Gasteiger partial charge on any atom is -0.244 e. The molecule has 0 bridgehead atoms. The van der Waals surface area contributed by atoms with Crippen LogP contribution in [0.15, 0.2) is 40.7 Å². The number of sulfonamides is 1. The van der Waals surface area contributed by atoms with E-state index in [0.717, 1.165) is 4.88 Å². The van der Waals surface area contributed by atoms with E-state index in [2.05, 4.69) is 9.71 Å². The Kier molecular flexibility index (Phi) is 4.27. The molecular weight excluding hydrogens is 282 g/mol. The molecule has 0 aliphatic heterocycles. The summed E-state index contributed by atoms with van der Waals surface area (Å²) < 4.78 is 26.4. The van der Waals surface area contributed by atoms with E-state index in [4.69, 9.17) is 5.26 Å². The van der Waals surface area contributed by atoms with Gasteiger partial charge in [0.15, 0.2) is 0 Å². The Labute approximate surface area is 115 Å². The van der Waals surface area contributed by atoms with E-state index >= 15 is 0 Å². The fourth-order valence-corrected chi connectivity index (χ4v) is 3.14. The van der Waals surface area contributed by atoms with Crippen molar-refractivity contribution in [3.8, 4) is 6.07 Å². The van der Waals surface area contributed by atoms with Gasteiger partial charge in [0.05, 0.1) is 0 Å². The second-order valence-electron chi connectivity index (χ2n) is 3.72. The largest absolute Gasteiger partial charge is 0.244 e. The molecule has 19 heavy (non-hydrogen) atoms. The first-order chi connectivity index (χ1) is 9.12. The Morgan fingerprint density at radius 2 is 2.21 bits per heavy atom. The van der Waals surface area contributed by atoms with Crippen LogP contribution >= 0.6 is 11.3 Å². The standard InChI is InChI=1S/C12H11N3O2S2/c13-8-10-3-4-12(9-14-10)19(16,17)15-6-5-11-2-1-7-18-11/h1-4,7,9,15H,5-6H2. The van der Waals surface area contributed by atoms with Crippen LogP contribution in [0.4, 0.5) is 0 Å². The highest BCUT2D eigenvalue weighted by Gasteiger charge is 2.13. The molecule has 7 heteroatoms. The molecule has 2 aromatic heterocycles. The lowest BCUT2D eigenvalue weighted by molar-refractivity contribution is 0.581. The Morgan fingerprint density at radius 3 is 2.79 bits per heavy atom. The van der Waals surface area contributed by atoms with E-state index in [0.29, 0.717) is 13.0 Å². The number of hydrogen-bond acceptors (Lipinski definition) is 5. The molecule has 2 heterocycles. The van der Waals surface area contributed by atoms with Crippen molar-refractivity contribution < 1.29 is 8.42 Å². The van der Waals surface area contributed by atoms with Crippen LogP contribution in [0, 0.1) is 11.3 Å². The van der Waals surface area contributed by atoms with Crippen LogP contribution in [0.1, 0.15) is 10.6 Å². The molecule has 0 saturated carbocycles. The van der Waals surface area contributed by atoms with Gasteiger partial charge in [-0.25, -0.2) is 18.1 Å². The number of nitriles is 1. The first-order valence-electron chi connectivity index (χ1n) is 5.50. The quantitative estimate of drug-likeness (QED) is 0.906. The zero-order chi connectivity index (χ0) is 13.7. The Bertz CT molecular complexity index is 671. The Balaban J connectivity index is 1.99. The van der Waals surface area contributed by atoms with Crippen LogP contribution in [0.5, 0.6) is 0 Å². The number of aromatic nitrogens is 1. The van der Waals surface area contributed by atoms with Crippen molar-refractivity contribution in [1.82, 2.24) is 9.71 Å². The van der Waals surface area contributed by atoms with Crippen LogP contribution in [0.2, 0.25) is 0 Å². The van der Waals surface area contributed by atoms with Gasteiger partial charge in [0.25, 0.3) is 0 Å². The van der Waals surface area contributed by atoms with Gasteiger partial charge < -0.3 is 0 Å². The molecule has 5 nitrogen and oxygen atoms in total. The fourth-order valence-electron chi connectivity index (χ4n) is 1.45. The van der Waals surface area contributed by atoms with Gasteiger partial charge in [0, 0.05) is 17.6 Å². The van der Waals surface area contributed by atoms with Gasteiger partial charge in [-0.2, -0.15) is 5.26 Å². The molecule has 0 aromatic carbocycles. The maximum absolute atomic E-state index is 11.9. The molecular formula is C12H11N3O2S2. The predicted octanol–water partition coefficient (Wildman–Crippen LogP) is 1.54. The third-order valence-electron chi connectivity index (χ3n) is 2.40. The topological polar surface area (TPSA) is 82.8 Å². The molecule has 0 atom stereocenters. The highest BCUT2D eigenvalue weighted by atomic mass is 32.2. The second kappa shape index (κ2) is 5.93. The van der Waals surface area contributed by atoms with Gasteiger partial charge in [0.1, 0.15) is 16.7 Å². The third-order valence-corrected chi connectivity index (χ3v) is 4.79. The molecule has 0 aliphatic carbocycles. The first kappa shape index (κ1) is 13.7. The van der Waals surface area contributed by atoms with Crippen molar-refractivity contribution in [2.24, 2.45) is 0 Å². The summed E-state index contributed by atoms with van der Waals surface area (Å²) in [5.41, 5.74) is 0.192. The normalized spacial score (nSPS) is 11.1. The summed E-state index contributed by atoms with van der Waals surface area (Å²) >= 11 is 1.59. The number of thiophene rings is 1. The maximum Gasteiger partial charge on any atom is 0.242 e. The Morgan fingerprint density at radius 1 is 1.37 bits per heavy atom. The Hall–Kier alpha value is -1.75. The summed E-state index contributed by atoms with van der Waals surface area (Å²) in [6.07, 6.45) is 1.84. The minimum absolute atomic E-state index is 0.0673. The zero-order valence-corrected chi connectivity index (χ0v) is 11.5. The van der Waals surface area contributed by atoms with Crippen molar-refractivity contribution in [3.63, 3.8) is 0 Å². The average molecular weight is 293 g/mol. The number of pyridine rings is 1. The molecule has 0 saturated heterocycles. The molecule has 2 aromatic rings. The lowest BCUT2D eigenvalue weighted by Gasteiger charge is -2.05. The van der Waals surface area contributed by atoms with E-state index in [1.54, 1.807) is 11.3 Å². The van der Waals surface area contributed by atoms with E-state index < -0.39 is 10.0 Å². The summed E-state index contributed by atoms with van der Waals surface area (Å²) in [5.74, 6) is 0. The molecule has 0 radical (unpaired) electrons. The van der Waals surface area contributed by atoms with Crippen molar-refractivity contribution in [3.05, 3.63) is 46.4 Å². The lowest BCUT2D eigenvalue weighted by atomic mass is 10.3. The smallest absolute Gasteiger partial charge is 0.242 e. The summed E-state index contributed by atoms with van der Waals surface area (Å²) in [5, 5.41) is 10.6. The predicted molar refractivity (Wildman–Crippen MR) is 72.2 cm³/mol. The summed E-state index contributed by atoms with van der Waals surface area (Å²) in [6.45, 7) is 0.336. The van der Waals surface area contributed by atoms with Crippen molar-refractivity contribution in [2.45, 2.75) is 11.3 Å². The monoisotopic (exact) mass is 293 g/mol. The van der Waals surface area contributed by atoms with E-state index in [-0.39, 0.29) is 10.6 Å². The minimum atomic E-state index is -3.56. The van der Waals surface area contributed by atoms with Gasteiger partial charge in [-0.05, 0) is 30.0 Å². The van der Waals surface area contributed by atoms with Crippen molar-refractivity contribution >= 4 is 21.4 Å². The number of nitrogens with one attached hydrogen (secondary N) is 1. The zero-order valence-electron chi connectivity index (χ0n) is 9.91. The van der Waals surface area contributed by atoms with Crippen LogP contribution in [0.25, 0.3) is 0 Å². The summed E-state index contributed by atoms with van der Waals surface area (Å²) in [4.78, 5) is 4.94. The number of rotatable bonds is 5. The van der Waals surface area contributed by atoms with Crippen LogP contribution in [-0.4, -0.2) is 19.9 Å². The molecule has 0 aliphatic rings. The van der Waals surface area contributed by atoms with E-state index in [9.17, 15) is 8.42 Å². The molecule has 98 valence electrons. The lowest BCUT2D eigenvalue weighted by Crippen LogP contribution is -2.25. The van der Waals surface area contributed by atoms with E-state index in [1.807, 2.05) is 23.6 Å². The van der Waals surface area contributed by atoms with Gasteiger partial charge in [-0.3, -0.25) is 0 Å². The molecule has 0 unspecified atom stereocenters. The van der Waals surface area contributed by atoms with Crippen LogP contribution in [-0.2, 0) is 16.4 Å². The van der Waals surface area contributed by atoms with Gasteiger partial charge in [-0.1, -0.05) is 6.07 Å². The van der Waals surface area contributed by atoms with Crippen molar-refractivity contribution in [2.75, 3.05) is 6.54 Å². The average Bonchev–Trinajstić information content (AvgIpc) is 2.92. The van der Waals surface area contributed by atoms with E-state index in [1.165, 1.54) is 18.3 Å². The molecule has 2 rings (SSSR count). The summed E-state index contributed by atoms with van der Waals surface area (Å²) in [6, 6.07) is 8.49. The second-order valence-corrected chi connectivity index (χ2v) is 6.52. The SMILES string of the molecule is N#Cc1ccc(S(=O)(=O)NCCc2cccs2)cn1. The third kappa shape index (κ3) is 3.61. The summed E-state index contributed by atoms with van der Waals surface area (Å²) in [7, 11) is -3.56. The van der Waals surface area contributed by atoms with Gasteiger partial charge >= 0.3 is 0 Å². The maximum atomic E-state index is 11.9. The van der Waals surface area contributed by atoms with Gasteiger partial charge in [0.2, 0.25) is 10.0 Å². The number of hydrogen-bond donors (Lipinski definition) is 1. The van der Waals surface area contributed by atoms with Crippen molar-refractivity contribution in [1.29, 1.82) is 5.26 Å². The number of nitrogens with zero attached hydrogens (tertiary/aromatic N) is 2. The molecule has 1 N–H and O–H groups in total. The van der Waals surface area contributed by atoms with Gasteiger partial charge in [-0.15, -0.1) is 11.3 Å².